The minimum absolute atomic E-state index is 0.188. The van der Waals surface area contributed by atoms with Crippen LogP contribution in [0.1, 0.15) is 49.4 Å². The van der Waals surface area contributed by atoms with Crippen LogP contribution in [0.3, 0.4) is 0 Å². The Labute approximate surface area is 122 Å². The fourth-order valence-corrected chi connectivity index (χ4v) is 1.93. The van der Waals surface area contributed by atoms with E-state index in [1.165, 1.54) is 19.3 Å². The monoisotopic (exact) mass is 277 g/mol. The van der Waals surface area contributed by atoms with Gasteiger partial charge in [-0.05, 0) is 44.8 Å². The lowest BCUT2D eigenvalue weighted by Crippen LogP contribution is -2.16. The molecule has 1 aromatic carbocycles. The molecule has 112 valence electrons. The van der Waals surface area contributed by atoms with Crippen LogP contribution in [0.2, 0.25) is 0 Å². The Morgan fingerprint density at radius 3 is 2.40 bits per heavy atom. The molecule has 0 aliphatic carbocycles. The third kappa shape index (κ3) is 6.71. The summed E-state index contributed by atoms with van der Waals surface area (Å²) in [6, 6.07) is 7.50. The molecule has 0 aromatic heterocycles. The van der Waals surface area contributed by atoms with E-state index in [4.69, 9.17) is 4.74 Å². The quantitative estimate of drug-likeness (QED) is 0.481. The Bertz CT molecular complexity index is 384. The molecule has 0 saturated carbocycles. The highest BCUT2D eigenvalue weighted by Crippen LogP contribution is 2.14. The van der Waals surface area contributed by atoms with E-state index in [-0.39, 0.29) is 5.78 Å². The van der Waals surface area contributed by atoms with Crippen molar-refractivity contribution in [2.45, 2.75) is 39.0 Å². The first-order valence-corrected chi connectivity index (χ1v) is 7.54. The number of carbonyl (C=O) groups is 1. The van der Waals surface area contributed by atoms with Gasteiger partial charge in [-0.2, -0.15) is 0 Å². The second kappa shape index (κ2) is 9.54. The van der Waals surface area contributed by atoms with E-state index < -0.39 is 0 Å². The van der Waals surface area contributed by atoms with Crippen LogP contribution >= 0.6 is 0 Å². The van der Waals surface area contributed by atoms with Crippen LogP contribution in [0, 0.1) is 0 Å². The number of nitrogens with zero attached hydrogens (tertiary/aromatic N) is 1. The van der Waals surface area contributed by atoms with Crippen molar-refractivity contribution in [1.29, 1.82) is 0 Å². The van der Waals surface area contributed by atoms with Crippen molar-refractivity contribution in [3.8, 4) is 5.75 Å². The number of carbonyl (C=O) groups excluding carboxylic acids is 1. The smallest absolute Gasteiger partial charge is 0.164 e. The van der Waals surface area contributed by atoms with E-state index in [2.05, 4.69) is 6.92 Å². The van der Waals surface area contributed by atoms with Crippen LogP contribution in [0.15, 0.2) is 24.3 Å². The zero-order chi connectivity index (χ0) is 14.8. The summed E-state index contributed by atoms with van der Waals surface area (Å²) in [5.74, 6) is 1.04. The first-order valence-electron chi connectivity index (χ1n) is 7.54. The maximum absolute atomic E-state index is 11.9. The molecule has 1 aromatic rings. The minimum Gasteiger partial charge on any atom is -0.494 e. The molecule has 0 unspecified atom stereocenters. The van der Waals surface area contributed by atoms with Crippen LogP contribution in [0.4, 0.5) is 0 Å². The molecule has 0 aliphatic heterocycles. The molecule has 3 nitrogen and oxygen atoms in total. The van der Waals surface area contributed by atoms with Crippen LogP contribution in [0.25, 0.3) is 0 Å². The van der Waals surface area contributed by atoms with Crippen LogP contribution in [0.5, 0.6) is 5.75 Å². The lowest BCUT2D eigenvalue weighted by molar-refractivity contribution is 0.0972. The van der Waals surface area contributed by atoms with Crippen molar-refractivity contribution in [2.75, 3.05) is 27.2 Å². The Kier molecular flexibility index (Phi) is 7.97. The third-order valence-electron chi connectivity index (χ3n) is 3.23. The molecule has 0 saturated heterocycles. The molecule has 0 heterocycles. The van der Waals surface area contributed by atoms with Crippen LogP contribution in [-0.4, -0.2) is 37.9 Å². The van der Waals surface area contributed by atoms with Crippen LogP contribution < -0.4 is 4.74 Å². The van der Waals surface area contributed by atoms with Gasteiger partial charge in [0.25, 0.3) is 0 Å². The van der Waals surface area contributed by atoms with Gasteiger partial charge in [0.15, 0.2) is 5.78 Å². The zero-order valence-electron chi connectivity index (χ0n) is 13.0. The van der Waals surface area contributed by atoms with E-state index in [0.29, 0.717) is 6.42 Å². The molecule has 0 bridgehead atoms. The van der Waals surface area contributed by atoms with E-state index >= 15 is 0 Å². The number of rotatable bonds is 10. The largest absolute Gasteiger partial charge is 0.494 e. The average Bonchev–Trinajstić information content (AvgIpc) is 2.45. The molecule has 0 spiro atoms. The summed E-state index contributed by atoms with van der Waals surface area (Å²) in [5.41, 5.74) is 0.769. The van der Waals surface area contributed by atoms with Crippen molar-refractivity contribution in [1.82, 2.24) is 4.90 Å². The first-order chi connectivity index (χ1) is 9.63. The van der Waals surface area contributed by atoms with E-state index in [1.807, 2.05) is 43.3 Å². The van der Waals surface area contributed by atoms with Gasteiger partial charge in [-0.15, -0.1) is 0 Å². The molecule has 0 amide bonds. The third-order valence-corrected chi connectivity index (χ3v) is 3.23. The van der Waals surface area contributed by atoms with E-state index in [1.54, 1.807) is 0 Å². The summed E-state index contributed by atoms with van der Waals surface area (Å²) in [7, 11) is 3.95. The molecule has 20 heavy (non-hydrogen) atoms. The van der Waals surface area contributed by atoms with Gasteiger partial charge >= 0.3 is 0 Å². The number of hydrogen-bond acceptors (Lipinski definition) is 3. The average molecular weight is 277 g/mol. The number of ketones is 1. The van der Waals surface area contributed by atoms with Gasteiger partial charge in [0, 0.05) is 18.5 Å². The van der Waals surface area contributed by atoms with Gasteiger partial charge in [-0.3, -0.25) is 4.79 Å². The molecule has 0 N–H and O–H groups in total. The second-order valence-corrected chi connectivity index (χ2v) is 5.41. The number of ether oxygens (including phenoxy) is 1. The molecule has 0 radical (unpaired) electrons. The Morgan fingerprint density at radius 1 is 1.10 bits per heavy atom. The molecular weight excluding hydrogens is 250 g/mol. The molecule has 1 rings (SSSR count). The lowest BCUT2D eigenvalue weighted by Gasteiger charge is -2.09. The first kappa shape index (κ1) is 16.7. The summed E-state index contributed by atoms with van der Waals surface area (Å²) >= 11 is 0. The van der Waals surface area contributed by atoms with Crippen molar-refractivity contribution in [3.05, 3.63) is 29.8 Å². The molecule has 3 heteroatoms. The van der Waals surface area contributed by atoms with Crippen LogP contribution in [-0.2, 0) is 0 Å². The normalized spacial score (nSPS) is 10.8. The van der Waals surface area contributed by atoms with Gasteiger partial charge in [-0.1, -0.05) is 26.2 Å². The highest BCUT2D eigenvalue weighted by Gasteiger charge is 2.06. The standard InChI is InChI=1S/C17H27NO2/c1-4-5-6-7-14-20-16-10-8-15(9-11-16)17(19)12-13-18(2)3/h8-11H,4-7,12-14H2,1-3H3. The highest BCUT2D eigenvalue weighted by atomic mass is 16.5. The number of hydrogen-bond donors (Lipinski definition) is 0. The van der Waals surface area contributed by atoms with Gasteiger partial charge < -0.3 is 9.64 Å². The van der Waals surface area contributed by atoms with Crippen molar-refractivity contribution in [2.24, 2.45) is 0 Å². The predicted octanol–water partition coefficient (Wildman–Crippen LogP) is 3.78. The zero-order valence-corrected chi connectivity index (χ0v) is 13.0. The maximum Gasteiger partial charge on any atom is 0.164 e. The van der Waals surface area contributed by atoms with Gasteiger partial charge in [-0.25, -0.2) is 0 Å². The minimum atomic E-state index is 0.188. The summed E-state index contributed by atoms with van der Waals surface area (Å²) < 4.78 is 5.67. The maximum atomic E-state index is 11.9. The summed E-state index contributed by atoms with van der Waals surface area (Å²) in [4.78, 5) is 13.9. The van der Waals surface area contributed by atoms with Gasteiger partial charge in [0.2, 0.25) is 0 Å². The van der Waals surface area contributed by atoms with Crippen molar-refractivity contribution in [3.63, 3.8) is 0 Å². The summed E-state index contributed by atoms with van der Waals surface area (Å²) in [6.07, 6.45) is 5.38. The predicted molar refractivity (Wildman–Crippen MR) is 83.6 cm³/mol. The molecule has 0 fully saturated rings. The fraction of sp³-hybridized carbons (Fsp3) is 0.588. The lowest BCUT2D eigenvalue weighted by atomic mass is 10.1. The summed E-state index contributed by atoms with van der Waals surface area (Å²) in [6.45, 7) is 3.75. The second-order valence-electron chi connectivity index (χ2n) is 5.41. The molecular formula is C17H27NO2. The molecule has 0 aliphatic rings. The number of Topliss-reactive ketones (excluding diaryl/α,β-unsaturated/α-hetero) is 1. The number of unbranched alkanes of at least 4 members (excludes halogenated alkanes) is 3. The van der Waals surface area contributed by atoms with E-state index in [9.17, 15) is 4.79 Å². The highest BCUT2D eigenvalue weighted by molar-refractivity contribution is 5.96. The van der Waals surface area contributed by atoms with Gasteiger partial charge in [0.05, 0.1) is 6.61 Å². The van der Waals surface area contributed by atoms with Gasteiger partial charge in [0.1, 0.15) is 5.75 Å². The SMILES string of the molecule is CCCCCCOc1ccc(C(=O)CCN(C)C)cc1. The Morgan fingerprint density at radius 2 is 1.80 bits per heavy atom. The fourth-order valence-electron chi connectivity index (χ4n) is 1.93. The summed E-state index contributed by atoms with van der Waals surface area (Å²) in [5, 5.41) is 0. The topological polar surface area (TPSA) is 29.5 Å². The van der Waals surface area contributed by atoms with E-state index in [0.717, 1.165) is 30.9 Å². The molecule has 0 atom stereocenters. The Balaban J connectivity index is 2.34. The number of benzene rings is 1. The van der Waals surface area contributed by atoms with Crippen molar-refractivity contribution < 1.29 is 9.53 Å². The Hall–Kier alpha value is -1.35. The van der Waals surface area contributed by atoms with Crippen molar-refractivity contribution >= 4 is 5.78 Å².